The Balaban J connectivity index is 2.33. The molecule has 3 nitrogen and oxygen atoms in total. The third-order valence-corrected chi connectivity index (χ3v) is 3.95. The lowest BCUT2D eigenvalue weighted by Crippen LogP contribution is -2.13. The average molecular weight is 304 g/mol. The average Bonchev–Trinajstić information content (AvgIpc) is 2.33. The molecule has 0 amide bonds. The zero-order valence-electron chi connectivity index (χ0n) is 9.40. The summed E-state index contributed by atoms with van der Waals surface area (Å²) in [7, 11) is -3.94. The highest BCUT2D eigenvalue weighted by atomic mass is 35.5. The predicted molar refractivity (Wildman–Crippen MR) is 68.6 cm³/mol. The van der Waals surface area contributed by atoms with Crippen LogP contribution in [0.5, 0.6) is 0 Å². The van der Waals surface area contributed by atoms with Crippen LogP contribution < -0.4 is 4.72 Å². The van der Waals surface area contributed by atoms with Gasteiger partial charge in [-0.1, -0.05) is 17.7 Å². The molecule has 0 atom stereocenters. The summed E-state index contributed by atoms with van der Waals surface area (Å²) in [6.45, 7) is 0. The van der Waals surface area contributed by atoms with Crippen LogP contribution in [-0.2, 0) is 10.0 Å². The minimum absolute atomic E-state index is 0.0932. The number of benzene rings is 2. The van der Waals surface area contributed by atoms with Gasteiger partial charge in [-0.15, -0.1) is 0 Å². The topological polar surface area (TPSA) is 46.2 Å². The summed E-state index contributed by atoms with van der Waals surface area (Å²) in [6.07, 6.45) is 0. The van der Waals surface area contributed by atoms with Crippen molar-refractivity contribution in [1.29, 1.82) is 0 Å². The second kappa shape index (κ2) is 5.14. The molecule has 0 radical (unpaired) electrons. The Morgan fingerprint density at radius 2 is 1.79 bits per heavy atom. The number of halogens is 3. The first-order valence-corrected chi connectivity index (χ1v) is 6.98. The monoisotopic (exact) mass is 303 g/mol. The third-order valence-electron chi connectivity index (χ3n) is 2.28. The van der Waals surface area contributed by atoms with E-state index in [0.717, 1.165) is 24.3 Å². The van der Waals surface area contributed by atoms with Crippen molar-refractivity contribution in [2.45, 2.75) is 4.90 Å². The smallest absolute Gasteiger partial charge is 0.261 e. The molecule has 0 aromatic heterocycles. The Bertz CT molecular complexity index is 719. The lowest BCUT2D eigenvalue weighted by atomic mass is 10.3. The number of sulfonamides is 1. The van der Waals surface area contributed by atoms with Crippen molar-refractivity contribution >= 4 is 27.3 Å². The summed E-state index contributed by atoms with van der Waals surface area (Å²) in [5.41, 5.74) is 0.0932. The van der Waals surface area contributed by atoms with E-state index < -0.39 is 21.7 Å². The molecule has 1 N–H and O–H groups in total. The highest BCUT2D eigenvalue weighted by molar-refractivity contribution is 7.92. The molecule has 0 saturated carbocycles. The van der Waals surface area contributed by atoms with E-state index in [0.29, 0.717) is 0 Å². The Labute approximate surface area is 113 Å². The zero-order valence-corrected chi connectivity index (χ0v) is 11.0. The van der Waals surface area contributed by atoms with E-state index in [4.69, 9.17) is 11.6 Å². The van der Waals surface area contributed by atoms with Crippen LogP contribution >= 0.6 is 11.6 Å². The molecule has 7 heteroatoms. The minimum atomic E-state index is -3.94. The summed E-state index contributed by atoms with van der Waals surface area (Å²) in [4.78, 5) is -0.229. The summed E-state index contributed by atoms with van der Waals surface area (Å²) < 4.78 is 52.0. The Hall–Kier alpha value is -1.66. The van der Waals surface area contributed by atoms with Crippen LogP contribution in [0, 0.1) is 11.6 Å². The fourth-order valence-corrected chi connectivity index (χ4v) is 2.67. The first-order chi connectivity index (χ1) is 8.88. The van der Waals surface area contributed by atoms with Crippen LogP contribution in [-0.4, -0.2) is 8.42 Å². The molecule has 2 aromatic rings. The SMILES string of the molecule is O=S(=O)(Nc1ccc(F)c(Cl)c1)c1cccc(F)c1. The molecule has 2 rings (SSSR count). The largest absolute Gasteiger partial charge is 0.280 e. The summed E-state index contributed by atoms with van der Waals surface area (Å²) >= 11 is 5.54. The van der Waals surface area contributed by atoms with Gasteiger partial charge in [0, 0.05) is 0 Å². The number of hydrogen-bond acceptors (Lipinski definition) is 2. The molecule has 0 aliphatic heterocycles. The standard InChI is InChI=1S/C12H8ClF2NO2S/c13-11-7-9(4-5-12(11)15)16-19(17,18)10-3-1-2-8(14)6-10/h1-7,16H. The predicted octanol–water partition coefficient (Wildman–Crippen LogP) is 3.42. The molecule has 100 valence electrons. The molecule has 0 heterocycles. The molecule has 2 aromatic carbocycles. The Morgan fingerprint density at radius 1 is 1.05 bits per heavy atom. The van der Waals surface area contributed by atoms with Crippen LogP contribution in [0.15, 0.2) is 47.4 Å². The van der Waals surface area contributed by atoms with E-state index >= 15 is 0 Å². The van der Waals surface area contributed by atoms with Gasteiger partial charge >= 0.3 is 0 Å². The van der Waals surface area contributed by atoms with Gasteiger partial charge in [-0.2, -0.15) is 0 Å². The zero-order chi connectivity index (χ0) is 14.0. The molecule has 0 saturated heterocycles. The number of anilines is 1. The van der Waals surface area contributed by atoms with Crippen LogP contribution in [0.2, 0.25) is 5.02 Å². The first-order valence-electron chi connectivity index (χ1n) is 5.12. The van der Waals surface area contributed by atoms with Gasteiger partial charge in [0.25, 0.3) is 10.0 Å². The molecule has 19 heavy (non-hydrogen) atoms. The van der Waals surface area contributed by atoms with E-state index in [1.165, 1.54) is 18.2 Å². The van der Waals surface area contributed by atoms with Crippen molar-refractivity contribution < 1.29 is 17.2 Å². The van der Waals surface area contributed by atoms with E-state index in [9.17, 15) is 17.2 Å². The highest BCUT2D eigenvalue weighted by Gasteiger charge is 2.15. The molecule has 0 fully saturated rings. The second-order valence-corrected chi connectivity index (χ2v) is 5.78. The molecular weight excluding hydrogens is 296 g/mol. The molecular formula is C12H8ClF2NO2S. The fourth-order valence-electron chi connectivity index (χ4n) is 1.41. The maximum atomic E-state index is 13.0. The van der Waals surface area contributed by atoms with Gasteiger partial charge in [-0.05, 0) is 36.4 Å². The normalized spacial score (nSPS) is 11.3. The number of hydrogen-bond donors (Lipinski definition) is 1. The highest BCUT2D eigenvalue weighted by Crippen LogP contribution is 2.22. The fraction of sp³-hybridized carbons (Fsp3) is 0. The van der Waals surface area contributed by atoms with Crippen molar-refractivity contribution in [3.63, 3.8) is 0 Å². The van der Waals surface area contributed by atoms with Crippen molar-refractivity contribution in [2.24, 2.45) is 0 Å². The van der Waals surface area contributed by atoms with E-state index in [-0.39, 0.29) is 15.6 Å². The molecule has 0 aliphatic rings. The first kappa shape index (κ1) is 13.8. The van der Waals surface area contributed by atoms with E-state index in [1.807, 2.05) is 0 Å². The van der Waals surface area contributed by atoms with Gasteiger partial charge in [0.15, 0.2) is 0 Å². The summed E-state index contributed by atoms with van der Waals surface area (Å²) in [5, 5.41) is -0.209. The van der Waals surface area contributed by atoms with Crippen LogP contribution in [0.25, 0.3) is 0 Å². The third kappa shape index (κ3) is 3.21. The summed E-state index contributed by atoms with van der Waals surface area (Å²) in [6, 6.07) is 7.93. The quantitative estimate of drug-likeness (QED) is 0.944. The minimum Gasteiger partial charge on any atom is -0.280 e. The van der Waals surface area contributed by atoms with Crippen LogP contribution in [0.1, 0.15) is 0 Å². The summed E-state index contributed by atoms with van der Waals surface area (Å²) in [5.74, 6) is -1.32. The van der Waals surface area contributed by atoms with Gasteiger partial charge in [-0.3, -0.25) is 4.72 Å². The van der Waals surface area contributed by atoms with Gasteiger partial charge in [0.2, 0.25) is 0 Å². The molecule has 0 spiro atoms. The molecule has 0 bridgehead atoms. The maximum absolute atomic E-state index is 13.0. The van der Waals surface area contributed by atoms with Crippen LogP contribution in [0.4, 0.5) is 14.5 Å². The van der Waals surface area contributed by atoms with Crippen LogP contribution in [0.3, 0.4) is 0 Å². The van der Waals surface area contributed by atoms with Gasteiger partial charge < -0.3 is 0 Å². The van der Waals surface area contributed by atoms with E-state index in [2.05, 4.69) is 4.72 Å². The molecule has 0 aliphatic carbocycles. The lowest BCUT2D eigenvalue weighted by molar-refractivity contribution is 0.595. The van der Waals surface area contributed by atoms with Crippen molar-refractivity contribution in [3.8, 4) is 0 Å². The van der Waals surface area contributed by atoms with Crippen molar-refractivity contribution in [1.82, 2.24) is 0 Å². The van der Waals surface area contributed by atoms with Gasteiger partial charge in [0.1, 0.15) is 11.6 Å². The molecule has 0 unspecified atom stereocenters. The van der Waals surface area contributed by atoms with Crippen molar-refractivity contribution in [3.05, 3.63) is 59.1 Å². The number of rotatable bonds is 3. The lowest BCUT2D eigenvalue weighted by Gasteiger charge is -2.08. The number of nitrogens with one attached hydrogen (secondary N) is 1. The second-order valence-electron chi connectivity index (χ2n) is 3.69. The Morgan fingerprint density at radius 3 is 2.42 bits per heavy atom. The van der Waals surface area contributed by atoms with Gasteiger partial charge in [-0.25, -0.2) is 17.2 Å². The van der Waals surface area contributed by atoms with Gasteiger partial charge in [0.05, 0.1) is 15.6 Å². The van der Waals surface area contributed by atoms with Crippen molar-refractivity contribution in [2.75, 3.05) is 4.72 Å². The maximum Gasteiger partial charge on any atom is 0.261 e. The van der Waals surface area contributed by atoms with E-state index in [1.54, 1.807) is 0 Å². The Kier molecular flexibility index (Phi) is 3.73.